The third-order valence-corrected chi connectivity index (χ3v) is 3.72. The Kier molecular flexibility index (Phi) is 5.76. The van der Waals surface area contributed by atoms with Crippen molar-refractivity contribution in [3.8, 4) is 5.75 Å². The van der Waals surface area contributed by atoms with Crippen LogP contribution in [0.1, 0.15) is 17.5 Å². The number of amides is 1. The molecule has 23 heavy (non-hydrogen) atoms. The molecule has 2 rings (SSSR count). The first kappa shape index (κ1) is 17.0. The number of nitrogens with one attached hydrogen (secondary N) is 1. The minimum Gasteiger partial charge on any atom is -0.497 e. The summed E-state index contributed by atoms with van der Waals surface area (Å²) in [5.74, 6) is 0.515. The SMILES string of the molecule is COCCNC(=O)CCc1c(C)c2ccc(OC)cc2oc1=O. The molecule has 0 atom stereocenters. The first-order valence-corrected chi connectivity index (χ1v) is 7.42. The van der Waals surface area contributed by atoms with Crippen LogP contribution in [0.25, 0.3) is 11.0 Å². The summed E-state index contributed by atoms with van der Waals surface area (Å²) in [6.45, 7) is 2.79. The Morgan fingerprint density at radius 3 is 2.78 bits per heavy atom. The van der Waals surface area contributed by atoms with Gasteiger partial charge in [-0.3, -0.25) is 4.79 Å². The molecule has 0 saturated carbocycles. The molecular weight excluding hydrogens is 298 g/mol. The van der Waals surface area contributed by atoms with E-state index in [1.165, 1.54) is 0 Å². The number of benzene rings is 1. The van der Waals surface area contributed by atoms with Gasteiger partial charge in [0, 0.05) is 37.1 Å². The predicted octanol–water partition coefficient (Wildman–Crippen LogP) is 1.81. The summed E-state index contributed by atoms with van der Waals surface area (Å²) in [7, 11) is 3.13. The minimum absolute atomic E-state index is 0.115. The number of carbonyl (C=O) groups excluding carboxylic acids is 1. The summed E-state index contributed by atoms with van der Waals surface area (Å²) >= 11 is 0. The van der Waals surface area contributed by atoms with E-state index in [4.69, 9.17) is 13.9 Å². The minimum atomic E-state index is -0.409. The van der Waals surface area contributed by atoms with E-state index < -0.39 is 5.63 Å². The number of fused-ring (bicyclic) bond motifs is 1. The second-order valence-electron chi connectivity index (χ2n) is 5.20. The van der Waals surface area contributed by atoms with Gasteiger partial charge in [-0.1, -0.05) is 0 Å². The second-order valence-corrected chi connectivity index (χ2v) is 5.20. The Hall–Kier alpha value is -2.34. The van der Waals surface area contributed by atoms with Crippen molar-refractivity contribution in [2.45, 2.75) is 19.8 Å². The van der Waals surface area contributed by atoms with Crippen LogP contribution >= 0.6 is 0 Å². The maximum Gasteiger partial charge on any atom is 0.339 e. The summed E-state index contributed by atoms with van der Waals surface area (Å²) in [4.78, 5) is 23.9. The Balaban J connectivity index is 2.18. The third kappa shape index (κ3) is 4.10. The van der Waals surface area contributed by atoms with Gasteiger partial charge in [0.15, 0.2) is 0 Å². The quantitative estimate of drug-likeness (QED) is 0.622. The molecule has 6 nitrogen and oxygen atoms in total. The van der Waals surface area contributed by atoms with Crippen molar-refractivity contribution in [3.05, 3.63) is 39.7 Å². The van der Waals surface area contributed by atoms with E-state index in [9.17, 15) is 9.59 Å². The lowest BCUT2D eigenvalue weighted by atomic mass is 10.0. The largest absolute Gasteiger partial charge is 0.497 e. The highest BCUT2D eigenvalue weighted by molar-refractivity contribution is 5.82. The van der Waals surface area contributed by atoms with Gasteiger partial charge in [0.1, 0.15) is 11.3 Å². The van der Waals surface area contributed by atoms with Crippen molar-refractivity contribution < 1.29 is 18.7 Å². The molecule has 0 unspecified atom stereocenters. The maximum atomic E-state index is 12.2. The van der Waals surface area contributed by atoms with Gasteiger partial charge in [0.25, 0.3) is 0 Å². The van der Waals surface area contributed by atoms with E-state index >= 15 is 0 Å². The molecule has 6 heteroatoms. The van der Waals surface area contributed by atoms with Gasteiger partial charge in [0.2, 0.25) is 5.91 Å². The van der Waals surface area contributed by atoms with E-state index in [2.05, 4.69) is 5.32 Å². The van der Waals surface area contributed by atoms with Crippen LogP contribution in [0.3, 0.4) is 0 Å². The summed E-state index contributed by atoms with van der Waals surface area (Å²) in [6, 6.07) is 5.36. The molecule has 0 aliphatic carbocycles. The zero-order chi connectivity index (χ0) is 16.8. The van der Waals surface area contributed by atoms with E-state index in [1.807, 2.05) is 19.1 Å². The van der Waals surface area contributed by atoms with Crippen LogP contribution in [-0.4, -0.2) is 33.3 Å². The fourth-order valence-corrected chi connectivity index (χ4v) is 2.41. The van der Waals surface area contributed by atoms with E-state index in [0.717, 1.165) is 10.9 Å². The van der Waals surface area contributed by atoms with Crippen LogP contribution < -0.4 is 15.7 Å². The van der Waals surface area contributed by atoms with Crippen LogP contribution in [-0.2, 0) is 16.0 Å². The van der Waals surface area contributed by atoms with Crippen molar-refractivity contribution in [2.75, 3.05) is 27.4 Å². The maximum absolute atomic E-state index is 12.2. The molecule has 1 aromatic carbocycles. The number of aryl methyl sites for hydroxylation is 1. The molecule has 0 aliphatic rings. The average molecular weight is 319 g/mol. The van der Waals surface area contributed by atoms with Gasteiger partial charge in [-0.25, -0.2) is 4.79 Å². The summed E-state index contributed by atoms with van der Waals surface area (Å²) in [5, 5.41) is 3.58. The Morgan fingerprint density at radius 2 is 2.09 bits per heavy atom. The molecule has 0 fully saturated rings. The standard InChI is InChI=1S/C17H21NO5/c1-11-13-5-4-12(22-3)10-15(13)23-17(20)14(11)6-7-16(19)18-8-9-21-2/h4-5,10H,6-9H2,1-3H3,(H,18,19). The van der Waals surface area contributed by atoms with Gasteiger partial charge >= 0.3 is 5.63 Å². The van der Waals surface area contributed by atoms with Gasteiger partial charge in [-0.2, -0.15) is 0 Å². The Morgan fingerprint density at radius 1 is 1.30 bits per heavy atom. The van der Waals surface area contributed by atoms with Gasteiger partial charge in [-0.05, 0) is 31.0 Å². The summed E-state index contributed by atoms with van der Waals surface area (Å²) in [5.41, 5.74) is 1.45. The van der Waals surface area contributed by atoms with Crippen LogP contribution in [0.5, 0.6) is 5.75 Å². The highest BCUT2D eigenvalue weighted by Crippen LogP contribution is 2.24. The predicted molar refractivity (Wildman–Crippen MR) is 87.0 cm³/mol. The van der Waals surface area contributed by atoms with Gasteiger partial charge < -0.3 is 19.2 Å². The van der Waals surface area contributed by atoms with E-state index in [-0.39, 0.29) is 12.3 Å². The number of rotatable bonds is 7. The third-order valence-electron chi connectivity index (χ3n) is 3.72. The Bertz CT molecular complexity index is 750. The molecule has 0 spiro atoms. The lowest BCUT2D eigenvalue weighted by molar-refractivity contribution is -0.121. The molecule has 0 radical (unpaired) electrons. The summed E-state index contributed by atoms with van der Waals surface area (Å²) in [6.07, 6.45) is 0.575. The van der Waals surface area contributed by atoms with Crippen molar-refractivity contribution in [1.82, 2.24) is 5.32 Å². The van der Waals surface area contributed by atoms with Crippen molar-refractivity contribution in [1.29, 1.82) is 0 Å². The average Bonchev–Trinajstić information content (AvgIpc) is 2.54. The van der Waals surface area contributed by atoms with Crippen LogP contribution in [0, 0.1) is 6.92 Å². The van der Waals surface area contributed by atoms with Crippen LogP contribution in [0.15, 0.2) is 27.4 Å². The first-order valence-electron chi connectivity index (χ1n) is 7.42. The zero-order valence-electron chi connectivity index (χ0n) is 13.6. The first-order chi connectivity index (χ1) is 11.1. The van der Waals surface area contributed by atoms with Crippen LogP contribution in [0.2, 0.25) is 0 Å². The number of carbonyl (C=O) groups is 1. The van der Waals surface area contributed by atoms with Crippen molar-refractivity contribution in [3.63, 3.8) is 0 Å². The lowest BCUT2D eigenvalue weighted by Crippen LogP contribution is -2.27. The highest BCUT2D eigenvalue weighted by Gasteiger charge is 2.13. The molecule has 0 aliphatic heterocycles. The normalized spacial score (nSPS) is 10.7. The van der Waals surface area contributed by atoms with Crippen molar-refractivity contribution >= 4 is 16.9 Å². The molecule has 124 valence electrons. The van der Waals surface area contributed by atoms with E-state index in [1.54, 1.807) is 20.3 Å². The molecule has 0 bridgehead atoms. The van der Waals surface area contributed by atoms with Crippen LogP contribution in [0.4, 0.5) is 0 Å². The van der Waals surface area contributed by atoms with Gasteiger partial charge in [0.05, 0.1) is 13.7 Å². The monoisotopic (exact) mass is 319 g/mol. The number of methoxy groups -OCH3 is 2. The number of hydrogen-bond acceptors (Lipinski definition) is 5. The summed E-state index contributed by atoms with van der Waals surface area (Å²) < 4.78 is 15.4. The topological polar surface area (TPSA) is 77.8 Å². The zero-order valence-corrected chi connectivity index (χ0v) is 13.6. The second kappa shape index (κ2) is 7.78. The van der Waals surface area contributed by atoms with Crippen molar-refractivity contribution in [2.24, 2.45) is 0 Å². The molecule has 2 aromatic rings. The van der Waals surface area contributed by atoms with E-state index in [0.29, 0.717) is 36.5 Å². The molecule has 1 heterocycles. The fourth-order valence-electron chi connectivity index (χ4n) is 2.41. The van der Waals surface area contributed by atoms with Gasteiger partial charge in [-0.15, -0.1) is 0 Å². The Labute approximate surface area is 134 Å². The molecule has 1 aromatic heterocycles. The molecule has 0 saturated heterocycles. The lowest BCUT2D eigenvalue weighted by Gasteiger charge is -2.09. The molecular formula is C17H21NO5. The number of hydrogen-bond donors (Lipinski definition) is 1. The molecule has 1 amide bonds. The smallest absolute Gasteiger partial charge is 0.339 e. The number of ether oxygens (including phenoxy) is 2. The highest BCUT2D eigenvalue weighted by atomic mass is 16.5. The molecule has 1 N–H and O–H groups in total. The fraction of sp³-hybridized carbons (Fsp3) is 0.412.